The van der Waals surface area contributed by atoms with Crippen LogP contribution in [0.1, 0.15) is 12.0 Å². The minimum atomic E-state index is -4.60. The molecule has 1 aromatic carbocycles. The summed E-state index contributed by atoms with van der Waals surface area (Å²) in [5.74, 6) is -0.496. The van der Waals surface area contributed by atoms with Crippen molar-refractivity contribution in [1.82, 2.24) is 9.80 Å². The summed E-state index contributed by atoms with van der Waals surface area (Å²) in [5.41, 5.74) is -0.999. The summed E-state index contributed by atoms with van der Waals surface area (Å²) >= 11 is 5.55. The van der Waals surface area contributed by atoms with Crippen LogP contribution in [0, 0.1) is 0 Å². The molecule has 0 aromatic heterocycles. The molecule has 0 radical (unpaired) electrons. The molecule has 150 valence electrons. The molecular weight excluding hydrogens is 387 g/mol. The third kappa shape index (κ3) is 6.67. The summed E-state index contributed by atoms with van der Waals surface area (Å²) < 4.78 is 43.8. The van der Waals surface area contributed by atoms with Crippen LogP contribution in [0.5, 0.6) is 0 Å². The van der Waals surface area contributed by atoms with E-state index in [1.165, 1.54) is 6.07 Å². The molecule has 0 aliphatic carbocycles. The minimum Gasteiger partial charge on any atom is -0.378 e. The Morgan fingerprint density at radius 2 is 1.96 bits per heavy atom. The summed E-state index contributed by atoms with van der Waals surface area (Å²) in [5, 5.41) is 1.98. The van der Waals surface area contributed by atoms with Gasteiger partial charge in [-0.15, -0.1) is 0 Å². The molecule has 0 atom stereocenters. The van der Waals surface area contributed by atoms with E-state index in [-0.39, 0.29) is 24.6 Å². The second-order valence-corrected chi connectivity index (χ2v) is 6.63. The molecule has 1 N–H and O–H groups in total. The van der Waals surface area contributed by atoms with E-state index in [0.29, 0.717) is 32.8 Å². The molecule has 1 aliphatic rings. The van der Waals surface area contributed by atoms with Crippen molar-refractivity contribution in [3.8, 4) is 0 Å². The lowest BCUT2D eigenvalue weighted by atomic mass is 10.2. The van der Waals surface area contributed by atoms with Crippen LogP contribution in [0.2, 0.25) is 5.02 Å². The van der Waals surface area contributed by atoms with Gasteiger partial charge in [0.05, 0.1) is 30.3 Å². The first-order valence-electron chi connectivity index (χ1n) is 8.37. The molecule has 27 heavy (non-hydrogen) atoms. The van der Waals surface area contributed by atoms with Gasteiger partial charge >= 0.3 is 6.18 Å². The number of nitrogens with one attached hydrogen (secondary N) is 1. The highest BCUT2D eigenvalue weighted by molar-refractivity contribution is 6.31. The Kier molecular flexibility index (Phi) is 7.46. The van der Waals surface area contributed by atoms with Gasteiger partial charge in [0.15, 0.2) is 0 Å². The lowest BCUT2D eigenvalue weighted by molar-refractivity contribution is -0.137. The zero-order valence-electron chi connectivity index (χ0n) is 14.8. The Balaban J connectivity index is 1.82. The second-order valence-electron chi connectivity index (χ2n) is 6.22. The van der Waals surface area contributed by atoms with E-state index < -0.39 is 22.7 Å². The number of morpholine rings is 1. The summed E-state index contributed by atoms with van der Waals surface area (Å²) in [6.07, 6.45) is -4.35. The second kappa shape index (κ2) is 9.38. The Bertz CT molecular complexity index is 679. The van der Waals surface area contributed by atoms with E-state index in [1.807, 2.05) is 0 Å². The number of likely N-dealkylation sites (N-methyl/N-ethyl adjacent to an activating group) is 1. The summed E-state index contributed by atoms with van der Waals surface area (Å²) in [4.78, 5) is 27.4. The summed E-state index contributed by atoms with van der Waals surface area (Å²) in [6, 6.07) is 3.18. The average Bonchev–Trinajstić information content (AvgIpc) is 2.61. The fourth-order valence-electron chi connectivity index (χ4n) is 2.60. The number of ether oxygens (including phenoxy) is 1. The number of rotatable bonds is 6. The molecule has 0 saturated carbocycles. The van der Waals surface area contributed by atoms with Crippen molar-refractivity contribution >= 4 is 29.1 Å². The monoisotopic (exact) mass is 407 g/mol. The van der Waals surface area contributed by atoms with Gasteiger partial charge in [-0.05, 0) is 25.2 Å². The van der Waals surface area contributed by atoms with E-state index in [0.717, 1.165) is 12.1 Å². The normalized spacial score (nSPS) is 15.1. The van der Waals surface area contributed by atoms with Crippen molar-refractivity contribution in [2.45, 2.75) is 12.6 Å². The molecule has 1 heterocycles. The third-order valence-corrected chi connectivity index (χ3v) is 4.37. The number of halogens is 4. The number of carbonyl (C=O) groups is 2. The van der Waals surface area contributed by atoms with Gasteiger partial charge in [0.25, 0.3) is 0 Å². The number of hydrogen-bond acceptors (Lipinski definition) is 4. The zero-order chi connectivity index (χ0) is 20.0. The van der Waals surface area contributed by atoms with E-state index in [2.05, 4.69) is 5.32 Å². The first kappa shape index (κ1) is 21.5. The molecule has 2 amide bonds. The van der Waals surface area contributed by atoms with Crippen LogP contribution in [0.3, 0.4) is 0 Å². The molecule has 0 bridgehead atoms. The van der Waals surface area contributed by atoms with Gasteiger partial charge in [-0.2, -0.15) is 13.2 Å². The number of amides is 2. The average molecular weight is 408 g/mol. The molecule has 1 aliphatic heterocycles. The fourth-order valence-corrected chi connectivity index (χ4v) is 2.83. The van der Waals surface area contributed by atoms with Crippen LogP contribution in [-0.4, -0.2) is 68.1 Å². The molecule has 10 heteroatoms. The van der Waals surface area contributed by atoms with Crippen LogP contribution in [0.25, 0.3) is 0 Å². The maximum Gasteiger partial charge on any atom is 0.417 e. The van der Waals surface area contributed by atoms with E-state index in [9.17, 15) is 22.8 Å². The standard InChI is InChI=1S/C17H21ClF3N3O3/c1-23(5-4-16(26)24-6-8-27-9-7-24)11-15(25)22-12-2-3-14(18)13(10-12)17(19,20)21/h2-3,10H,4-9,11H2,1H3,(H,22,25). The smallest absolute Gasteiger partial charge is 0.378 e. The number of nitrogens with zero attached hydrogens (tertiary/aromatic N) is 2. The fraction of sp³-hybridized carbons (Fsp3) is 0.529. The molecule has 1 saturated heterocycles. The van der Waals surface area contributed by atoms with Crippen LogP contribution in [-0.2, 0) is 20.5 Å². The minimum absolute atomic E-state index is 0.00881. The van der Waals surface area contributed by atoms with Gasteiger partial charge in [-0.1, -0.05) is 11.6 Å². The summed E-state index contributed by atoms with van der Waals surface area (Å²) in [7, 11) is 1.66. The highest BCUT2D eigenvalue weighted by Gasteiger charge is 2.33. The van der Waals surface area contributed by atoms with Gasteiger partial charge in [-0.25, -0.2) is 0 Å². The quantitative estimate of drug-likeness (QED) is 0.787. The molecule has 1 fully saturated rings. The van der Waals surface area contributed by atoms with Gasteiger partial charge in [0.1, 0.15) is 0 Å². The van der Waals surface area contributed by atoms with Gasteiger partial charge in [-0.3, -0.25) is 14.5 Å². The maximum atomic E-state index is 12.9. The lowest BCUT2D eigenvalue weighted by Gasteiger charge is -2.27. The number of carbonyl (C=O) groups excluding carboxylic acids is 2. The van der Waals surface area contributed by atoms with Crippen LogP contribution < -0.4 is 5.32 Å². The van der Waals surface area contributed by atoms with Crippen LogP contribution >= 0.6 is 11.6 Å². The van der Waals surface area contributed by atoms with Crippen molar-refractivity contribution in [3.63, 3.8) is 0 Å². The van der Waals surface area contributed by atoms with Gasteiger partial charge in [0.2, 0.25) is 11.8 Å². The summed E-state index contributed by atoms with van der Waals surface area (Å²) in [6.45, 7) is 2.46. The lowest BCUT2D eigenvalue weighted by Crippen LogP contribution is -2.42. The molecule has 1 aromatic rings. The molecular formula is C17H21ClF3N3O3. The predicted octanol–water partition coefficient (Wildman–Crippen LogP) is 2.48. The van der Waals surface area contributed by atoms with Gasteiger partial charge in [0, 0.05) is 31.7 Å². The largest absolute Gasteiger partial charge is 0.417 e. The van der Waals surface area contributed by atoms with E-state index >= 15 is 0 Å². The van der Waals surface area contributed by atoms with Crippen molar-refractivity contribution < 1.29 is 27.5 Å². The maximum absolute atomic E-state index is 12.9. The zero-order valence-corrected chi connectivity index (χ0v) is 15.6. The molecule has 0 unspecified atom stereocenters. The van der Waals surface area contributed by atoms with Gasteiger partial charge < -0.3 is 15.0 Å². The molecule has 6 nitrogen and oxygen atoms in total. The van der Waals surface area contributed by atoms with Crippen molar-refractivity contribution in [2.24, 2.45) is 0 Å². The Hall–Kier alpha value is -1.84. The Morgan fingerprint density at radius 3 is 2.59 bits per heavy atom. The third-order valence-electron chi connectivity index (χ3n) is 4.04. The van der Waals surface area contributed by atoms with E-state index in [4.69, 9.17) is 16.3 Å². The Morgan fingerprint density at radius 1 is 1.30 bits per heavy atom. The van der Waals surface area contributed by atoms with Crippen LogP contribution in [0.15, 0.2) is 18.2 Å². The first-order valence-corrected chi connectivity index (χ1v) is 8.75. The highest BCUT2D eigenvalue weighted by Crippen LogP contribution is 2.36. The predicted molar refractivity (Wildman–Crippen MR) is 94.6 cm³/mol. The number of benzene rings is 1. The number of anilines is 1. The molecule has 2 rings (SSSR count). The van der Waals surface area contributed by atoms with E-state index in [1.54, 1.807) is 16.8 Å². The van der Waals surface area contributed by atoms with Crippen molar-refractivity contribution in [2.75, 3.05) is 51.8 Å². The SMILES string of the molecule is CN(CCC(=O)N1CCOCC1)CC(=O)Nc1ccc(Cl)c(C(F)(F)F)c1. The van der Waals surface area contributed by atoms with Crippen LogP contribution in [0.4, 0.5) is 18.9 Å². The number of alkyl halides is 3. The first-order chi connectivity index (χ1) is 12.7. The molecule has 0 spiro atoms. The van der Waals surface area contributed by atoms with Crippen molar-refractivity contribution in [3.05, 3.63) is 28.8 Å². The Labute approximate surface area is 160 Å². The van der Waals surface area contributed by atoms with Crippen molar-refractivity contribution in [1.29, 1.82) is 0 Å². The number of hydrogen-bond donors (Lipinski definition) is 1. The topological polar surface area (TPSA) is 61.9 Å². The highest BCUT2D eigenvalue weighted by atomic mass is 35.5.